The molecule has 2 N–H and O–H groups in total. The number of rotatable bonds is 11. The lowest BCUT2D eigenvalue weighted by Gasteiger charge is -2.21. The predicted octanol–water partition coefficient (Wildman–Crippen LogP) is 2.13. The molecule has 19 heavy (non-hydrogen) atoms. The number of nitrogens with two attached hydrogens (primary N) is 1. The van der Waals surface area contributed by atoms with Gasteiger partial charge in [-0.25, -0.2) is 0 Å². The summed E-state index contributed by atoms with van der Waals surface area (Å²) in [5.41, 5.74) is 6.05. The molecule has 5 heteroatoms. The molecule has 0 radical (unpaired) electrons. The lowest BCUT2D eigenvalue weighted by Crippen LogP contribution is -2.30. The number of hydrogen-bond donors (Lipinski definition) is 1. The fraction of sp³-hybridized carbons (Fsp3) is 0.714. The Labute approximate surface area is 115 Å². The van der Waals surface area contributed by atoms with Crippen LogP contribution in [0.15, 0.2) is 22.8 Å². The van der Waals surface area contributed by atoms with E-state index in [1.807, 2.05) is 19.1 Å². The van der Waals surface area contributed by atoms with Gasteiger partial charge in [0.25, 0.3) is 0 Å². The molecule has 110 valence electrons. The lowest BCUT2D eigenvalue weighted by molar-refractivity contribution is -0.0191. The quantitative estimate of drug-likeness (QED) is 0.624. The van der Waals surface area contributed by atoms with Crippen LogP contribution in [0.5, 0.6) is 0 Å². The lowest BCUT2D eigenvalue weighted by atomic mass is 10.1. The zero-order valence-electron chi connectivity index (χ0n) is 11.8. The molecular weight excluding hydrogens is 246 g/mol. The maximum Gasteiger partial charge on any atom is 0.134 e. The highest BCUT2D eigenvalue weighted by molar-refractivity contribution is 5.04. The van der Waals surface area contributed by atoms with E-state index in [0.717, 1.165) is 25.2 Å². The van der Waals surface area contributed by atoms with Gasteiger partial charge in [0.15, 0.2) is 0 Å². The van der Waals surface area contributed by atoms with Crippen molar-refractivity contribution in [1.82, 2.24) is 0 Å². The third-order valence-corrected chi connectivity index (χ3v) is 2.85. The van der Waals surface area contributed by atoms with Crippen LogP contribution in [0.1, 0.15) is 31.6 Å². The molecule has 0 fully saturated rings. The third-order valence-electron chi connectivity index (χ3n) is 2.85. The Morgan fingerprint density at radius 2 is 2.11 bits per heavy atom. The Morgan fingerprint density at radius 1 is 1.26 bits per heavy atom. The van der Waals surface area contributed by atoms with Gasteiger partial charge in [0.05, 0.1) is 19.5 Å². The largest absolute Gasteiger partial charge is 0.467 e. The molecule has 0 aromatic carbocycles. The van der Waals surface area contributed by atoms with E-state index in [1.165, 1.54) is 0 Å². The Kier molecular flexibility index (Phi) is 8.49. The summed E-state index contributed by atoms with van der Waals surface area (Å²) in [5, 5.41) is 0. The van der Waals surface area contributed by atoms with E-state index in [0.29, 0.717) is 19.8 Å². The Balaban J connectivity index is 2.23. The third kappa shape index (κ3) is 6.20. The highest BCUT2D eigenvalue weighted by Gasteiger charge is 2.21. The molecule has 1 aromatic rings. The summed E-state index contributed by atoms with van der Waals surface area (Å²) in [6, 6.07) is 3.66. The minimum atomic E-state index is -0.206. The number of ether oxygens (including phenoxy) is 3. The summed E-state index contributed by atoms with van der Waals surface area (Å²) in [4.78, 5) is 0. The number of hydrogen-bond acceptors (Lipinski definition) is 5. The number of furan rings is 1. The van der Waals surface area contributed by atoms with Gasteiger partial charge >= 0.3 is 0 Å². The normalized spacial score (nSPS) is 14.5. The molecule has 0 aliphatic carbocycles. The first-order chi connectivity index (χ1) is 9.29. The van der Waals surface area contributed by atoms with Gasteiger partial charge in [0, 0.05) is 26.4 Å². The van der Waals surface area contributed by atoms with Gasteiger partial charge in [-0.2, -0.15) is 0 Å². The molecule has 1 heterocycles. The average Bonchev–Trinajstić information content (AvgIpc) is 2.95. The second-order valence-electron chi connectivity index (χ2n) is 4.34. The van der Waals surface area contributed by atoms with Crippen molar-refractivity contribution in [2.45, 2.75) is 31.9 Å². The van der Waals surface area contributed by atoms with E-state index in [9.17, 15) is 0 Å². The maximum absolute atomic E-state index is 6.05. The van der Waals surface area contributed by atoms with Gasteiger partial charge in [0.2, 0.25) is 0 Å². The predicted molar refractivity (Wildman–Crippen MR) is 73.0 cm³/mol. The van der Waals surface area contributed by atoms with Gasteiger partial charge in [0.1, 0.15) is 11.9 Å². The van der Waals surface area contributed by atoms with E-state index >= 15 is 0 Å². The maximum atomic E-state index is 6.05. The molecule has 0 aliphatic heterocycles. The van der Waals surface area contributed by atoms with E-state index in [-0.39, 0.29) is 12.1 Å². The van der Waals surface area contributed by atoms with Gasteiger partial charge < -0.3 is 24.4 Å². The fourth-order valence-corrected chi connectivity index (χ4v) is 1.73. The minimum absolute atomic E-state index is 0.0698. The van der Waals surface area contributed by atoms with Crippen molar-refractivity contribution in [3.63, 3.8) is 0 Å². The van der Waals surface area contributed by atoms with Crippen molar-refractivity contribution in [2.24, 2.45) is 5.73 Å². The number of methoxy groups -OCH3 is 1. The monoisotopic (exact) mass is 271 g/mol. The summed E-state index contributed by atoms with van der Waals surface area (Å²) in [5.74, 6) is 0.772. The zero-order chi connectivity index (χ0) is 13.9. The van der Waals surface area contributed by atoms with Gasteiger partial charge in [-0.1, -0.05) is 6.92 Å². The molecule has 1 rings (SSSR count). The smallest absolute Gasteiger partial charge is 0.134 e. The van der Waals surface area contributed by atoms with E-state index in [1.54, 1.807) is 13.4 Å². The first kappa shape index (κ1) is 16.2. The van der Waals surface area contributed by atoms with Gasteiger partial charge in [-0.15, -0.1) is 0 Å². The van der Waals surface area contributed by atoms with Crippen molar-refractivity contribution in [3.8, 4) is 0 Å². The van der Waals surface area contributed by atoms with E-state index < -0.39 is 0 Å². The summed E-state index contributed by atoms with van der Waals surface area (Å²) in [6.07, 6.45) is 3.16. The van der Waals surface area contributed by atoms with Gasteiger partial charge in [-0.3, -0.25) is 0 Å². The van der Waals surface area contributed by atoms with Gasteiger partial charge in [-0.05, 0) is 25.0 Å². The highest BCUT2D eigenvalue weighted by Crippen LogP contribution is 2.22. The molecule has 0 aliphatic rings. The van der Waals surface area contributed by atoms with Crippen molar-refractivity contribution < 1.29 is 18.6 Å². The summed E-state index contributed by atoms with van der Waals surface area (Å²) >= 11 is 0. The van der Waals surface area contributed by atoms with Crippen molar-refractivity contribution in [2.75, 3.05) is 33.5 Å². The first-order valence-corrected chi connectivity index (χ1v) is 6.76. The molecule has 0 bridgehead atoms. The molecule has 1 aromatic heterocycles. The van der Waals surface area contributed by atoms with Crippen molar-refractivity contribution in [3.05, 3.63) is 24.2 Å². The molecule has 2 atom stereocenters. The fourth-order valence-electron chi connectivity index (χ4n) is 1.73. The zero-order valence-corrected chi connectivity index (χ0v) is 11.8. The van der Waals surface area contributed by atoms with Crippen LogP contribution in [0.4, 0.5) is 0 Å². The molecule has 0 saturated carbocycles. The van der Waals surface area contributed by atoms with Crippen molar-refractivity contribution >= 4 is 0 Å². The van der Waals surface area contributed by atoms with Crippen molar-refractivity contribution in [1.29, 1.82) is 0 Å². The van der Waals surface area contributed by atoms with Crippen LogP contribution in [0.3, 0.4) is 0 Å². The second kappa shape index (κ2) is 9.97. The van der Waals surface area contributed by atoms with Crippen LogP contribution in [-0.2, 0) is 14.2 Å². The van der Waals surface area contributed by atoms with E-state index in [2.05, 4.69) is 0 Å². The Bertz CT molecular complexity index is 302. The molecule has 0 saturated heterocycles. The average molecular weight is 271 g/mol. The van der Waals surface area contributed by atoms with Crippen LogP contribution in [-0.4, -0.2) is 39.6 Å². The van der Waals surface area contributed by atoms with Crippen LogP contribution in [0.2, 0.25) is 0 Å². The Morgan fingerprint density at radius 3 is 2.74 bits per heavy atom. The van der Waals surface area contributed by atoms with E-state index in [4.69, 9.17) is 24.4 Å². The molecule has 0 spiro atoms. The molecule has 2 unspecified atom stereocenters. The van der Waals surface area contributed by atoms with Crippen LogP contribution < -0.4 is 5.73 Å². The SMILES string of the molecule is CCC(N)C(OCCOCCCOC)c1ccco1. The highest BCUT2D eigenvalue weighted by atomic mass is 16.5. The standard InChI is InChI=1S/C14H25NO4/c1-3-12(15)14(13-6-4-9-18-13)19-11-10-17-8-5-7-16-2/h4,6,9,12,14H,3,5,7-8,10-11,15H2,1-2H3. The summed E-state index contributed by atoms with van der Waals surface area (Å²) in [6.45, 7) is 4.49. The topological polar surface area (TPSA) is 66.9 Å². The summed E-state index contributed by atoms with van der Waals surface area (Å²) < 4.78 is 21.5. The molecular formula is C14H25NO4. The van der Waals surface area contributed by atoms with Crippen LogP contribution >= 0.6 is 0 Å². The van der Waals surface area contributed by atoms with Crippen LogP contribution in [0, 0.1) is 0 Å². The Hall–Kier alpha value is -0.880. The first-order valence-electron chi connectivity index (χ1n) is 6.76. The molecule has 5 nitrogen and oxygen atoms in total. The minimum Gasteiger partial charge on any atom is -0.467 e. The van der Waals surface area contributed by atoms with Crippen LogP contribution in [0.25, 0.3) is 0 Å². The molecule has 0 amide bonds. The summed E-state index contributed by atoms with van der Waals surface area (Å²) in [7, 11) is 1.68. The second-order valence-corrected chi connectivity index (χ2v) is 4.34.